The minimum atomic E-state index is -0.513. The molecular formula is C22H17ClO6. The van der Waals surface area contributed by atoms with Gasteiger partial charge in [-0.3, -0.25) is 9.59 Å². The van der Waals surface area contributed by atoms with Gasteiger partial charge in [0, 0.05) is 28.3 Å². The van der Waals surface area contributed by atoms with Gasteiger partial charge in [0.2, 0.25) is 0 Å². The lowest BCUT2D eigenvalue weighted by molar-refractivity contribution is 0.103. The maximum atomic E-state index is 12.8. The van der Waals surface area contributed by atoms with Crippen molar-refractivity contribution in [1.29, 1.82) is 0 Å². The summed E-state index contributed by atoms with van der Waals surface area (Å²) in [7, 11) is 2.89. The van der Waals surface area contributed by atoms with Crippen LogP contribution in [-0.2, 0) is 0 Å². The van der Waals surface area contributed by atoms with Crippen molar-refractivity contribution in [1.82, 2.24) is 0 Å². The second-order valence-corrected chi connectivity index (χ2v) is 6.59. The van der Waals surface area contributed by atoms with Gasteiger partial charge in [-0.1, -0.05) is 11.6 Å². The first-order valence-electron chi connectivity index (χ1n) is 8.48. The molecule has 148 valence electrons. The van der Waals surface area contributed by atoms with E-state index in [1.54, 1.807) is 12.1 Å². The van der Waals surface area contributed by atoms with Gasteiger partial charge in [0.1, 0.15) is 23.0 Å². The molecule has 0 unspecified atom stereocenters. The van der Waals surface area contributed by atoms with Crippen molar-refractivity contribution in [3.8, 4) is 23.0 Å². The fourth-order valence-electron chi connectivity index (χ4n) is 2.82. The molecule has 7 heteroatoms. The number of hydrogen-bond acceptors (Lipinski definition) is 6. The number of rotatable bonds is 6. The lowest BCUT2D eigenvalue weighted by Crippen LogP contribution is -2.07. The number of phenols is 2. The average molecular weight is 413 g/mol. The van der Waals surface area contributed by atoms with Crippen LogP contribution in [0.25, 0.3) is 0 Å². The Hall–Kier alpha value is -3.51. The molecule has 0 saturated carbocycles. The van der Waals surface area contributed by atoms with Crippen molar-refractivity contribution in [3.63, 3.8) is 0 Å². The monoisotopic (exact) mass is 412 g/mol. The summed E-state index contributed by atoms with van der Waals surface area (Å²) < 4.78 is 10.0. The predicted octanol–water partition coefficient (Wildman–Crippen LogP) is 4.23. The third-order valence-corrected chi connectivity index (χ3v) is 4.54. The molecule has 0 spiro atoms. The molecule has 0 aliphatic rings. The Morgan fingerprint density at radius 3 is 1.48 bits per heavy atom. The Morgan fingerprint density at radius 1 is 0.724 bits per heavy atom. The number of methoxy groups -OCH3 is 2. The van der Waals surface area contributed by atoms with Crippen molar-refractivity contribution in [2.75, 3.05) is 14.2 Å². The fourth-order valence-corrected chi connectivity index (χ4v) is 3.06. The molecule has 0 saturated heterocycles. The van der Waals surface area contributed by atoms with Crippen LogP contribution in [0.1, 0.15) is 31.8 Å². The molecule has 2 N–H and O–H groups in total. The van der Waals surface area contributed by atoms with Crippen molar-refractivity contribution in [2.24, 2.45) is 0 Å². The van der Waals surface area contributed by atoms with Crippen LogP contribution in [0.4, 0.5) is 0 Å². The number of halogens is 1. The first-order valence-corrected chi connectivity index (χ1v) is 8.86. The zero-order valence-electron chi connectivity index (χ0n) is 15.6. The molecule has 0 atom stereocenters. The van der Waals surface area contributed by atoms with Crippen LogP contribution in [0.15, 0.2) is 54.6 Å². The normalized spacial score (nSPS) is 10.4. The van der Waals surface area contributed by atoms with Gasteiger partial charge in [0.25, 0.3) is 0 Å². The lowest BCUT2D eigenvalue weighted by Gasteiger charge is -2.10. The molecule has 0 aliphatic carbocycles. The zero-order chi connectivity index (χ0) is 21.1. The standard InChI is InChI=1S/C22H17ClO6/c1-28-15-3-5-17(19(24)10-15)21(26)12-7-13(9-14(23)8-12)22(27)18-6-4-16(29-2)11-20(18)25/h3-11,24-25H,1-2H3. The highest BCUT2D eigenvalue weighted by Crippen LogP contribution is 2.29. The van der Waals surface area contributed by atoms with Gasteiger partial charge in [0.15, 0.2) is 11.6 Å². The Bertz CT molecular complexity index is 1020. The molecule has 0 aromatic heterocycles. The largest absolute Gasteiger partial charge is 0.507 e. The van der Waals surface area contributed by atoms with Crippen molar-refractivity contribution in [3.05, 3.63) is 81.9 Å². The van der Waals surface area contributed by atoms with Crippen LogP contribution >= 0.6 is 11.6 Å². The number of carbonyl (C=O) groups excluding carboxylic acids is 2. The van der Waals surface area contributed by atoms with Gasteiger partial charge < -0.3 is 19.7 Å². The molecule has 0 amide bonds. The maximum absolute atomic E-state index is 12.8. The minimum absolute atomic E-state index is 0.0405. The van der Waals surface area contributed by atoms with E-state index >= 15 is 0 Å². The number of benzene rings is 3. The molecule has 29 heavy (non-hydrogen) atoms. The van der Waals surface area contributed by atoms with E-state index in [2.05, 4.69) is 0 Å². The molecule has 3 aromatic carbocycles. The topological polar surface area (TPSA) is 93.1 Å². The Morgan fingerprint density at radius 2 is 1.14 bits per heavy atom. The van der Waals surface area contributed by atoms with Gasteiger partial charge in [0.05, 0.1) is 25.3 Å². The zero-order valence-corrected chi connectivity index (χ0v) is 16.4. The van der Waals surface area contributed by atoms with Crippen LogP contribution in [0.5, 0.6) is 23.0 Å². The van der Waals surface area contributed by atoms with Gasteiger partial charge in [-0.15, -0.1) is 0 Å². The molecule has 0 fully saturated rings. The molecular weight excluding hydrogens is 396 g/mol. The third kappa shape index (κ3) is 4.17. The quantitative estimate of drug-likeness (QED) is 0.588. The van der Waals surface area contributed by atoms with E-state index in [-0.39, 0.29) is 38.8 Å². The number of phenolic OH excluding ortho intramolecular Hbond substituents is 2. The number of hydrogen-bond donors (Lipinski definition) is 2. The molecule has 3 aromatic rings. The van der Waals surface area contributed by atoms with E-state index in [4.69, 9.17) is 21.1 Å². The smallest absolute Gasteiger partial charge is 0.196 e. The van der Waals surface area contributed by atoms with Crippen LogP contribution < -0.4 is 9.47 Å². The summed E-state index contributed by atoms with van der Waals surface area (Å²) in [6.45, 7) is 0. The van der Waals surface area contributed by atoms with E-state index < -0.39 is 11.6 Å². The maximum Gasteiger partial charge on any atom is 0.196 e. The van der Waals surface area contributed by atoms with Gasteiger partial charge in [-0.2, -0.15) is 0 Å². The van der Waals surface area contributed by atoms with Crippen LogP contribution in [0, 0.1) is 0 Å². The molecule has 3 rings (SSSR count). The first kappa shape index (κ1) is 20.2. The molecule has 0 aliphatic heterocycles. The lowest BCUT2D eigenvalue weighted by atomic mass is 9.96. The highest BCUT2D eigenvalue weighted by Gasteiger charge is 2.20. The number of aromatic hydroxyl groups is 2. The van der Waals surface area contributed by atoms with E-state index in [1.165, 1.54) is 56.7 Å². The fraction of sp³-hybridized carbons (Fsp3) is 0.0909. The first-order chi connectivity index (χ1) is 13.8. The van der Waals surface area contributed by atoms with Gasteiger partial charge in [-0.05, 0) is 42.5 Å². The second-order valence-electron chi connectivity index (χ2n) is 6.15. The Labute approximate surface area is 171 Å². The summed E-state index contributed by atoms with van der Waals surface area (Å²) in [6.07, 6.45) is 0. The summed E-state index contributed by atoms with van der Waals surface area (Å²) in [5.41, 5.74) is 0.321. The average Bonchev–Trinajstić information content (AvgIpc) is 2.72. The third-order valence-electron chi connectivity index (χ3n) is 4.32. The van der Waals surface area contributed by atoms with Crippen LogP contribution in [-0.4, -0.2) is 36.0 Å². The van der Waals surface area contributed by atoms with Crippen molar-refractivity contribution in [2.45, 2.75) is 0 Å². The summed E-state index contributed by atoms with van der Waals surface area (Å²) in [4.78, 5) is 25.7. The summed E-state index contributed by atoms with van der Waals surface area (Å²) in [5, 5.41) is 20.4. The molecule has 0 bridgehead atoms. The van der Waals surface area contributed by atoms with Gasteiger partial charge in [-0.25, -0.2) is 0 Å². The number of ketones is 2. The highest BCUT2D eigenvalue weighted by molar-refractivity contribution is 6.32. The van der Waals surface area contributed by atoms with E-state index in [1.807, 2.05) is 0 Å². The highest BCUT2D eigenvalue weighted by atomic mass is 35.5. The number of carbonyl (C=O) groups is 2. The molecule has 0 heterocycles. The SMILES string of the molecule is COc1ccc(C(=O)c2cc(Cl)cc(C(=O)c3ccc(OC)cc3O)c2)c(O)c1. The molecule has 6 nitrogen and oxygen atoms in total. The van der Waals surface area contributed by atoms with E-state index in [0.29, 0.717) is 11.5 Å². The second kappa shape index (κ2) is 8.24. The van der Waals surface area contributed by atoms with Crippen molar-refractivity contribution < 1.29 is 29.3 Å². The minimum Gasteiger partial charge on any atom is -0.507 e. The van der Waals surface area contributed by atoms with Crippen LogP contribution in [0.3, 0.4) is 0 Å². The summed E-state index contributed by atoms with van der Waals surface area (Å²) in [5.74, 6) is -0.738. The Kier molecular flexibility index (Phi) is 5.75. The van der Waals surface area contributed by atoms with Crippen LogP contribution in [0.2, 0.25) is 5.02 Å². The predicted molar refractivity (Wildman–Crippen MR) is 108 cm³/mol. The number of ether oxygens (including phenoxy) is 2. The summed E-state index contributed by atoms with van der Waals surface area (Å²) in [6, 6.07) is 12.7. The Balaban J connectivity index is 2.00. The van der Waals surface area contributed by atoms with E-state index in [0.717, 1.165) is 0 Å². The molecule has 0 radical (unpaired) electrons. The van der Waals surface area contributed by atoms with E-state index in [9.17, 15) is 19.8 Å². The van der Waals surface area contributed by atoms with Gasteiger partial charge >= 0.3 is 0 Å². The van der Waals surface area contributed by atoms with Crippen molar-refractivity contribution >= 4 is 23.2 Å². The summed E-state index contributed by atoms with van der Waals surface area (Å²) >= 11 is 6.12.